The van der Waals surface area contributed by atoms with Crippen LogP contribution in [0.4, 0.5) is 9.18 Å². The molecule has 1 aromatic carbocycles. The Balaban J connectivity index is 2.16. The third-order valence-corrected chi connectivity index (χ3v) is 3.34. The second-order valence-electron chi connectivity index (χ2n) is 6.59. The van der Waals surface area contributed by atoms with E-state index in [0.29, 0.717) is 11.4 Å². The molecule has 0 saturated carbocycles. The van der Waals surface area contributed by atoms with Gasteiger partial charge in [-0.3, -0.25) is 0 Å². The lowest BCUT2D eigenvalue weighted by Gasteiger charge is -2.22. The van der Waals surface area contributed by atoms with E-state index in [0.717, 1.165) is 0 Å². The van der Waals surface area contributed by atoms with Gasteiger partial charge in [-0.2, -0.15) is 0 Å². The van der Waals surface area contributed by atoms with Gasteiger partial charge in [-0.05, 0) is 57.2 Å². The third kappa shape index (κ3) is 5.34. The van der Waals surface area contributed by atoms with Gasteiger partial charge in [0.25, 0.3) is 0 Å². The number of nitrogens with one attached hydrogen (secondary N) is 1. The number of aliphatic carboxylic acids is 1. The molecule has 0 radical (unpaired) electrons. The van der Waals surface area contributed by atoms with Crippen LogP contribution in [0.25, 0.3) is 5.69 Å². The van der Waals surface area contributed by atoms with Crippen molar-refractivity contribution >= 4 is 12.1 Å². The number of benzene rings is 1. The second kappa shape index (κ2) is 7.38. The Labute approximate surface area is 145 Å². The number of carboxylic acids is 1. The normalized spacial score (nSPS) is 12.5. The molecule has 2 aromatic rings. The molecule has 0 aliphatic heterocycles. The molecule has 1 unspecified atom stereocenters. The van der Waals surface area contributed by atoms with E-state index in [1.54, 1.807) is 55.8 Å². The summed E-state index contributed by atoms with van der Waals surface area (Å²) in [5, 5.41) is 11.8. The number of carbonyl (C=O) groups is 2. The third-order valence-electron chi connectivity index (χ3n) is 3.34. The molecule has 1 aromatic heterocycles. The van der Waals surface area contributed by atoms with E-state index in [1.807, 2.05) is 0 Å². The van der Waals surface area contributed by atoms with Crippen molar-refractivity contribution in [2.24, 2.45) is 0 Å². The van der Waals surface area contributed by atoms with E-state index >= 15 is 0 Å². The maximum Gasteiger partial charge on any atom is 0.408 e. The minimum Gasteiger partial charge on any atom is -0.480 e. The first kappa shape index (κ1) is 18.5. The average Bonchev–Trinajstić information content (AvgIpc) is 2.93. The number of nitrogens with zero attached hydrogens (tertiary/aromatic N) is 1. The van der Waals surface area contributed by atoms with E-state index in [2.05, 4.69) is 5.32 Å². The first-order chi connectivity index (χ1) is 11.7. The fourth-order valence-corrected chi connectivity index (χ4v) is 2.30. The van der Waals surface area contributed by atoms with Gasteiger partial charge in [0.05, 0.1) is 0 Å². The highest BCUT2D eigenvalue weighted by Gasteiger charge is 2.25. The number of carbonyl (C=O) groups excluding carboxylic acids is 1. The van der Waals surface area contributed by atoms with Crippen molar-refractivity contribution in [2.75, 3.05) is 0 Å². The van der Waals surface area contributed by atoms with Gasteiger partial charge < -0.3 is 19.7 Å². The van der Waals surface area contributed by atoms with Gasteiger partial charge in [-0.25, -0.2) is 14.0 Å². The highest BCUT2D eigenvalue weighted by molar-refractivity contribution is 5.80. The standard InChI is InChI=1S/C18H21FN2O4/c1-18(2,3)25-17(24)20-15(16(22)23)11-14-5-4-10-21(14)13-8-6-12(19)7-9-13/h4-10,15H,11H2,1-3H3,(H,20,24)(H,22,23). The molecule has 6 nitrogen and oxygen atoms in total. The summed E-state index contributed by atoms with van der Waals surface area (Å²) in [5.41, 5.74) is 0.638. The predicted molar refractivity (Wildman–Crippen MR) is 90.2 cm³/mol. The predicted octanol–water partition coefficient (Wildman–Crippen LogP) is 3.14. The van der Waals surface area contributed by atoms with Crippen LogP contribution in [0.2, 0.25) is 0 Å². The first-order valence-electron chi connectivity index (χ1n) is 7.80. The molecule has 0 spiro atoms. The summed E-state index contributed by atoms with van der Waals surface area (Å²) in [4.78, 5) is 23.3. The van der Waals surface area contributed by atoms with Gasteiger partial charge in [0.2, 0.25) is 0 Å². The molecule has 1 heterocycles. The van der Waals surface area contributed by atoms with Gasteiger partial charge in [0, 0.05) is 24.0 Å². The lowest BCUT2D eigenvalue weighted by atomic mass is 10.1. The highest BCUT2D eigenvalue weighted by Crippen LogP contribution is 2.15. The monoisotopic (exact) mass is 348 g/mol. The van der Waals surface area contributed by atoms with Gasteiger partial charge >= 0.3 is 12.1 Å². The number of aromatic nitrogens is 1. The van der Waals surface area contributed by atoms with Crippen molar-refractivity contribution < 1.29 is 23.8 Å². The number of carboxylic acid groups (broad SMARTS) is 1. The largest absolute Gasteiger partial charge is 0.480 e. The number of ether oxygens (including phenoxy) is 1. The molecule has 134 valence electrons. The van der Waals surface area contributed by atoms with Crippen LogP contribution in [-0.2, 0) is 16.0 Å². The number of rotatable bonds is 5. The average molecular weight is 348 g/mol. The Morgan fingerprint density at radius 2 is 1.88 bits per heavy atom. The maximum absolute atomic E-state index is 13.1. The number of hydrogen-bond acceptors (Lipinski definition) is 3. The minimum atomic E-state index is -1.17. The summed E-state index contributed by atoms with van der Waals surface area (Å²) in [6.45, 7) is 5.09. The summed E-state index contributed by atoms with van der Waals surface area (Å²) in [5.74, 6) is -1.52. The summed E-state index contributed by atoms with van der Waals surface area (Å²) < 4.78 is 19.9. The maximum atomic E-state index is 13.1. The van der Waals surface area contributed by atoms with E-state index in [1.165, 1.54) is 12.1 Å². The lowest BCUT2D eigenvalue weighted by molar-refractivity contribution is -0.139. The molecule has 7 heteroatoms. The van der Waals surface area contributed by atoms with Crippen LogP contribution in [0.3, 0.4) is 0 Å². The molecular formula is C18H21FN2O4. The van der Waals surface area contributed by atoms with Gasteiger partial charge in [-0.1, -0.05) is 0 Å². The smallest absolute Gasteiger partial charge is 0.408 e. The fourth-order valence-electron chi connectivity index (χ4n) is 2.30. The van der Waals surface area contributed by atoms with E-state index < -0.39 is 23.7 Å². The van der Waals surface area contributed by atoms with E-state index in [4.69, 9.17) is 4.74 Å². The Morgan fingerprint density at radius 1 is 1.24 bits per heavy atom. The van der Waals surface area contributed by atoms with Crippen molar-refractivity contribution in [1.29, 1.82) is 0 Å². The molecule has 25 heavy (non-hydrogen) atoms. The number of amides is 1. The number of hydrogen-bond donors (Lipinski definition) is 2. The number of halogens is 1. The fraction of sp³-hybridized carbons (Fsp3) is 0.333. The van der Waals surface area contributed by atoms with Crippen LogP contribution in [-0.4, -0.2) is 33.4 Å². The van der Waals surface area contributed by atoms with Crippen molar-refractivity contribution in [3.05, 3.63) is 54.1 Å². The van der Waals surface area contributed by atoms with Crippen LogP contribution in [0.15, 0.2) is 42.6 Å². The highest BCUT2D eigenvalue weighted by atomic mass is 19.1. The Morgan fingerprint density at radius 3 is 2.44 bits per heavy atom. The topological polar surface area (TPSA) is 80.6 Å². The second-order valence-corrected chi connectivity index (χ2v) is 6.59. The zero-order chi connectivity index (χ0) is 18.6. The van der Waals surface area contributed by atoms with Gasteiger partial charge in [-0.15, -0.1) is 0 Å². The van der Waals surface area contributed by atoms with Crippen LogP contribution < -0.4 is 5.32 Å². The zero-order valence-electron chi connectivity index (χ0n) is 14.3. The minimum absolute atomic E-state index is 0.0545. The van der Waals surface area contributed by atoms with Crippen LogP contribution in [0.1, 0.15) is 26.5 Å². The van der Waals surface area contributed by atoms with E-state index in [9.17, 15) is 19.1 Å². The summed E-state index contributed by atoms with van der Waals surface area (Å²) in [6.07, 6.45) is 1.01. The quantitative estimate of drug-likeness (QED) is 0.870. The summed E-state index contributed by atoms with van der Waals surface area (Å²) in [6, 6.07) is 8.19. The van der Waals surface area contributed by atoms with Crippen LogP contribution in [0.5, 0.6) is 0 Å². The van der Waals surface area contributed by atoms with Gasteiger partial charge in [0.15, 0.2) is 0 Å². The molecule has 0 aliphatic rings. The SMILES string of the molecule is CC(C)(C)OC(=O)NC(Cc1cccn1-c1ccc(F)cc1)C(=O)O. The van der Waals surface area contributed by atoms with Crippen molar-refractivity contribution in [3.8, 4) is 5.69 Å². The lowest BCUT2D eigenvalue weighted by Crippen LogP contribution is -2.44. The Kier molecular flexibility index (Phi) is 5.46. The van der Waals surface area contributed by atoms with Crippen molar-refractivity contribution in [2.45, 2.75) is 38.8 Å². The van der Waals surface area contributed by atoms with Crippen molar-refractivity contribution in [1.82, 2.24) is 9.88 Å². The summed E-state index contributed by atoms with van der Waals surface area (Å²) >= 11 is 0. The molecule has 2 rings (SSSR count). The van der Waals surface area contributed by atoms with Crippen molar-refractivity contribution in [3.63, 3.8) is 0 Å². The number of alkyl carbamates (subject to hydrolysis) is 1. The zero-order valence-corrected chi connectivity index (χ0v) is 14.3. The van der Waals surface area contributed by atoms with Crippen LogP contribution in [0, 0.1) is 5.82 Å². The molecule has 0 saturated heterocycles. The van der Waals surface area contributed by atoms with Gasteiger partial charge in [0.1, 0.15) is 17.5 Å². The molecule has 1 amide bonds. The molecule has 1 atom stereocenters. The van der Waals surface area contributed by atoms with Crippen LogP contribution >= 0.6 is 0 Å². The first-order valence-corrected chi connectivity index (χ1v) is 7.80. The Hall–Kier alpha value is -2.83. The molecule has 2 N–H and O–H groups in total. The Bertz CT molecular complexity index is 747. The molecule has 0 fully saturated rings. The summed E-state index contributed by atoms with van der Waals surface area (Å²) in [7, 11) is 0. The molecule has 0 aliphatic carbocycles. The molecular weight excluding hydrogens is 327 g/mol. The molecule has 0 bridgehead atoms. The van der Waals surface area contributed by atoms with E-state index in [-0.39, 0.29) is 12.2 Å².